The number of nitrogens with one attached hydrogen (secondary N) is 1. The molecule has 0 unspecified atom stereocenters. The van der Waals surface area contributed by atoms with E-state index in [1.165, 1.54) is 5.69 Å². The maximum absolute atomic E-state index is 12.4. The molecule has 0 fully saturated rings. The van der Waals surface area contributed by atoms with Gasteiger partial charge in [-0.25, -0.2) is 4.98 Å². The molecule has 4 aromatic rings. The number of oxazole rings is 1. The van der Waals surface area contributed by atoms with Crippen molar-refractivity contribution in [1.82, 2.24) is 4.98 Å². The van der Waals surface area contributed by atoms with E-state index < -0.39 is 0 Å². The minimum atomic E-state index is -0.207. The molecular weight excluding hydrogens is 398 g/mol. The van der Waals surface area contributed by atoms with Gasteiger partial charge in [-0.05, 0) is 80.6 Å². The maximum atomic E-state index is 12.4. The van der Waals surface area contributed by atoms with Crippen LogP contribution in [0.25, 0.3) is 22.6 Å². The van der Waals surface area contributed by atoms with Crippen molar-refractivity contribution >= 4 is 40.0 Å². The van der Waals surface area contributed by atoms with Crippen LogP contribution in [0.2, 0.25) is 5.02 Å². The number of fused-ring (bicyclic) bond motifs is 1. The van der Waals surface area contributed by atoms with E-state index in [0.29, 0.717) is 33.3 Å². The van der Waals surface area contributed by atoms with Crippen molar-refractivity contribution in [3.05, 3.63) is 77.3 Å². The molecule has 30 heavy (non-hydrogen) atoms. The molecule has 0 spiro atoms. The fourth-order valence-electron chi connectivity index (χ4n) is 3.34. The van der Waals surface area contributed by atoms with Gasteiger partial charge in [0.05, 0.1) is 0 Å². The first kappa shape index (κ1) is 20.0. The summed E-state index contributed by atoms with van der Waals surface area (Å²) in [5.41, 5.74) is 4.63. The number of nitrogens with zero attached hydrogens (tertiary/aromatic N) is 2. The number of hydrogen-bond donors (Lipinski definition) is 1. The van der Waals surface area contributed by atoms with Crippen molar-refractivity contribution in [3.63, 3.8) is 0 Å². The second kappa shape index (κ2) is 8.59. The molecule has 0 saturated carbocycles. The van der Waals surface area contributed by atoms with E-state index in [2.05, 4.69) is 41.2 Å². The van der Waals surface area contributed by atoms with Crippen molar-refractivity contribution in [2.24, 2.45) is 0 Å². The third kappa shape index (κ3) is 4.16. The first-order valence-electron chi connectivity index (χ1n) is 9.90. The van der Waals surface area contributed by atoms with E-state index >= 15 is 0 Å². The number of hydrogen-bond acceptors (Lipinski definition) is 4. The Morgan fingerprint density at radius 2 is 1.70 bits per heavy atom. The quantitative estimate of drug-likeness (QED) is 0.401. The summed E-state index contributed by atoms with van der Waals surface area (Å²) in [6.07, 6.45) is 0. The van der Waals surface area contributed by atoms with Gasteiger partial charge in [-0.2, -0.15) is 0 Å². The summed E-state index contributed by atoms with van der Waals surface area (Å²) in [6.45, 7) is 6.20. The lowest BCUT2D eigenvalue weighted by Crippen LogP contribution is -2.21. The van der Waals surface area contributed by atoms with Crippen LogP contribution in [0.15, 0.2) is 71.1 Å². The van der Waals surface area contributed by atoms with Crippen LogP contribution < -0.4 is 10.2 Å². The van der Waals surface area contributed by atoms with Gasteiger partial charge < -0.3 is 14.6 Å². The molecule has 1 aromatic heterocycles. The molecule has 3 aromatic carbocycles. The van der Waals surface area contributed by atoms with Gasteiger partial charge in [0.2, 0.25) is 5.89 Å². The van der Waals surface area contributed by atoms with E-state index in [4.69, 9.17) is 16.0 Å². The zero-order valence-electron chi connectivity index (χ0n) is 16.9. The second-order valence-corrected chi connectivity index (χ2v) is 7.32. The third-order valence-electron chi connectivity index (χ3n) is 4.99. The minimum Gasteiger partial charge on any atom is -0.436 e. The molecule has 0 saturated heterocycles. The molecular formula is C24H22ClN3O2. The van der Waals surface area contributed by atoms with Gasteiger partial charge in [-0.3, -0.25) is 4.79 Å². The minimum absolute atomic E-state index is 0.207. The van der Waals surface area contributed by atoms with E-state index in [9.17, 15) is 4.79 Å². The molecule has 1 heterocycles. The highest BCUT2D eigenvalue weighted by Crippen LogP contribution is 2.28. The third-order valence-corrected chi connectivity index (χ3v) is 5.25. The zero-order valence-corrected chi connectivity index (χ0v) is 17.6. The summed E-state index contributed by atoms with van der Waals surface area (Å²) in [7, 11) is 0. The van der Waals surface area contributed by atoms with Crippen LogP contribution in [0, 0.1) is 0 Å². The SMILES string of the molecule is CCN(CC)c1ccc(-c2nc3cc(NC(=O)c4ccc(Cl)cc4)ccc3o2)cc1. The lowest BCUT2D eigenvalue weighted by molar-refractivity contribution is 0.102. The number of carbonyl (C=O) groups excluding carboxylic acids is 1. The van der Waals surface area contributed by atoms with E-state index in [1.54, 1.807) is 36.4 Å². The fourth-order valence-corrected chi connectivity index (χ4v) is 3.46. The molecule has 6 heteroatoms. The van der Waals surface area contributed by atoms with Crippen molar-refractivity contribution in [3.8, 4) is 11.5 Å². The Labute approximate surface area is 180 Å². The van der Waals surface area contributed by atoms with Crippen LogP contribution in [0.5, 0.6) is 0 Å². The van der Waals surface area contributed by atoms with Gasteiger partial charge in [0.25, 0.3) is 5.91 Å². The summed E-state index contributed by atoms with van der Waals surface area (Å²) in [5, 5.41) is 3.47. The van der Waals surface area contributed by atoms with E-state index in [-0.39, 0.29) is 5.91 Å². The predicted octanol–water partition coefficient (Wildman–Crippen LogP) is 6.25. The van der Waals surface area contributed by atoms with Crippen molar-refractivity contribution in [2.45, 2.75) is 13.8 Å². The molecule has 0 bridgehead atoms. The number of amides is 1. The number of halogens is 1. The van der Waals surface area contributed by atoms with Crippen LogP contribution in [0.4, 0.5) is 11.4 Å². The van der Waals surface area contributed by atoms with Crippen LogP contribution in [0.3, 0.4) is 0 Å². The van der Waals surface area contributed by atoms with Gasteiger partial charge >= 0.3 is 0 Å². The molecule has 5 nitrogen and oxygen atoms in total. The highest BCUT2D eigenvalue weighted by atomic mass is 35.5. The fraction of sp³-hybridized carbons (Fsp3) is 0.167. The topological polar surface area (TPSA) is 58.4 Å². The Kier molecular flexibility index (Phi) is 5.72. The molecule has 0 aliphatic rings. The first-order valence-corrected chi connectivity index (χ1v) is 10.3. The van der Waals surface area contributed by atoms with Crippen molar-refractivity contribution < 1.29 is 9.21 Å². The zero-order chi connectivity index (χ0) is 21.1. The van der Waals surface area contributed by atoms with Crippen LogP contribution >= 0.6 is 11.6 Å². The average Bonchev–Trinajstić information content (AvgIpc) is 3.19. The Balaban J connectivity index is 1.55. The predicted molar refractivity (Wildman–Crippen MR) is 122 cm³/mol. The lowest BCUT2D eigenvalue weighted by Gasteiger charge is -2.20. The number of aromatic nitrogens is 1. The normalized spacial score (nSPS) is 10.9. The Bertz CT molecular complexity index is 1160. The summed E-state index contributed by atoms with van der Waals surface area (Å²) in [6, 6.07) is 20.4. The molecule has 1 N–H and O–H groups in total. The Morgan fingerprint density at radius 3 is 2.37 bits per heavy atom. The number of anilines is 2. The Morgan fingerprint density at radius 1 is 1.00 bits per heavy atom. The van der Waals surface area contributed by atoms with Crippen LogP contribution in [-0.4, -0.2) is 24.0 Å². The molecule has 0 aliphatic heterocycles. The highest BCUT2D eigenvalue weighted by Gasteiger charge is 2.12. The summed E-state index contributed by atoms with van der Waals surface area (Å²) in [5.74, 6) is 0.346. The van der Waals surface area contributed by atoms with Crippen molar-refractivity contribution in [1.29, 1.82) is 0 Å². The summed E-state index contributed by atoms with van der Waals surface area (Å²) < 4.78 is 5.91. The van der Waals surface area contributed by atoms with Gasteiger partial charge in [0, 0.05) is 40.6 Å². The molecule has 4 rings (SSSR count). The monoisotopic (exact) mass is 419 g/mol. The second-order valence-electron chi connectivity index (χ2n) is 6.88. The Hall–Kier alpha value is -3.31. The van der Waals surface area contributed by atoms with Gasteiger partial charge in [-0.1, -0.05) is 11.6 Å². The molecule has 0 radical (unpaired) electrons. The largest absolute Gasteiger partial charge is 0.436 e. The number of rotatable bonds is 6. The van der Waals surface area contributed by atoms with Crippen LogP contribution in [-0.2, 0) is 0 Å². The molecule has 1 amide bonds. The smallest absolute Gasteiger partial charge is 0.255 e. The average molecular weight is 420 g/mol. The standard InChI is InChI=1S/C24H22ClN3O2/c1-3-28(4-2)20-12-7-17(8-13-20)24-27-21-15-19(11-14-22(21)30-24)26-23(29)16-5-9-18(25)10-6-16/h5-15H,3-4H2,1-2H3,(H,26,29). The number of benzene rings is 3. The molecule has 0 atom stereocenters. The van der Waals surface area contributed by atoms with E-state index in [0.717, 1.165) is 18.7 Å². The van der Waals surface area contributed by atoms with Gasteiger partial charge in [0.1, 0.15) is 5.52 Å². The van der Waals surface area contributed by atoms with Gasteiger partial charge in [0.15, 0.2) is 5.58 Å². The van der Waals surface area contributed by atoms with Crippen molar-refractivity contribution in [2.75, 3.05) is 23.3 Å². The molecule has 152 valence electrons. The first-order chi connectivity index (χ1) is 14.6. The van der Waals surface area contributed by atoms with Gasteiger partial charge in [-0.15, -0.1) is 0 Å². The highest BCUT2D eigenvalue weighted by molar-refractivity contribution is 6.30. The maximum Gasteiger partial charge on any atom is 0.255 e. The summed E-state index contributed by atoms with van der Waals surface area (Å²) in [4.78, 5) is 19.3. The van der Waals surface area contributed by atoms with Crippen LogP contribution in [0.1, 0.15) is 24.2 Å². The summed E-state index contributed by atoms with van der Waals surface area (Å²) >= 11 is 5.88. The lowest BCUT2D eigenvalue weighted by atomic mass is 10.2. The van der Waals surface area contributed by atoms with E-state index in [1.807, 2.05) is 18.2 Å². The molecule has 0 aliphatic carbocycles. The number of carbonyl (C=O) groups is 1.